The normalized spacial score (nSPS) is 29.0. The molecule has 5 heteroatoms. The van der Waals surface area contributed by atoms with Gasteiger partial charge < -0.3 is 9.47 Å². The molecule has 0 N–H and O–H groups in total. The zero-order valence-electron chi connectivity index (χ0n) is 13.0. The van der Waals surface area contributed by atoms with Crippen molar-refractivity contribution in [2.75, 3.05) is 38.7 Å². The topological polar surface area (TPSA) is 21.7 Å². The maximum atomic E-state index is 6.22. The van der Waals surface area contributed by atoms with Gasteiger partial charge in [0.1, 0.15) is 0 Å². The molecule has 3 aliphatic rings. The van der Waals surface area contributed by atoms with Gasteiger partial charge in [-0.3, -0.25) is 4.90 Å². The van der Waals surface area contributed by atoms with Crippen molar-refractivity contribution in [3.63, 3.8) is 0 Å². The molecule has 1 atom stereocenters. The first kappa shape index (κ1) is 15.5. The van der Waals surface area contributed by atoms with E-state index in [1.54, 1.807) is 11.3 Å². The molecule has 1 spiro atoms. The molecule has 0 aliphatic carbocycles. The van der Waals surface area contributed by atoms with Crippen LogP contribution in [0.2, 0.25) is 0 Å². The summed E-state index contributed by atoms with van der Waals surface area (Å²) in [6.45, 7) is 6.40. The molecule has 0 radical (unpaired) electrons. The largest absolute Gasteiger partial charge is 0.381 e. The molecule has 0 saturated carbocycles. The summed E-state index contributed by atoms with van der Waals surface area (Å²) in [5.74, 6) is 1.92. The van der Waals surface area contributed by atoms with Gasteiger partial charge in [-0.05, 0) is 47.6 Å². The van der Waals surface area contributed by atoms with Crippen molar-refractivity contribution in [1.29, 1.82) is 0 Å². The van der Waals surface area contributed by atoms with E-state index in [1.165, 1.54) is 43.7 Å². The van der Waals surface area contributed by atoms with Crippen LogP contribution in [0.5, 0.6) is 0 Å². The number of thioether (sulfide) groups is 1. The quantitative estimate of drug-likeness (QED) is 0.821. The molecule has 0 bridgehead atoms. The smallest absolute Gasteiger partial charge is 0.0680 e. The lowest BCUT2D eigenvalue weighted by Crippen LogP contribution is -2.58. The van der Waals surface area contributed by atoms with Gasteiger partial charge in [-0.25, -0.2) is 0 Å². The molecule has 3 fully saturated rings. The summed E-state index contributed by atoms with van der Waals surface area (Å²) in [7, 11) is 0. The lowest BCUT2D eigenvalue weighted by atomic mass is 9.92. The lowest BCUT2D eigenvalue weighted by Gasteiger charge is -2.47. The van der Waals surface area contributed by atoms with Gasteiger partial charge in [-0.15, -0.1) is 11.8 Å². The van der Waals surface area contributed by atoms with Crippen LogP contribution in [-0.4, -0.2) is 54.4 Å². The van der Waals surface area contributed by atoms with Crippen molar-refractivity contribution in [1.82, 2.24) is 4.90 Å². The second kappa shape index (κ2) is 6.81. The Hall–Kier alpha value is -0.0700. The van der Waals surface area contributed by atoms with Gasteiger partial charge in [0.15, 0.2) is 0 Å². The molecule has 122 valence electrons. The van der Waals surface area contributed by atoms with E-state index in [2.05, 4.69) is 33.5 Å². The molecule has 0 unspecified atom stereocenters. The van der Waals surface area contributed by atoms with Crippen LogP contribution in [0.3, 0.4) is 0 Å². The van der Waals surface area contributed by atoms with Gasteiger partial charge in [0.2, 0.25) is 0 Å². The number of nitrogens with zero attached hydrogens (tertiary/aromatic N) is 1. The summed E-state index contributed by atoms with van der Waals surface area (Å²) >= 11 is 3.95. The second-order valence-electron chi connectivity index (χ2n) is 6.99. The van der Waals surface area contributed by atoms with E-state index in [0.29, 0.717) is 10.9 Å². The highest BCUT2D eigenvalue weighted by atomic mass is 32.2. The van der Waals surface area contributed by atoms with Gasteiger partial charge in [0.25, 0.3) is 0 Å². The van der Waals surface area contributed by atoms with E-state index in [0.717, 1.165) is 32.3 Å². The molecular weight excluding hydrogens is 314 g/mol. The van der Waals surface area contributed by atoms with E-state index >= 15 is 0 Å². The van der Waals surface area contributed by atoms with Crippen molar-refractivity contribution < 1.29 is 9.47 Å². The molecule has 3 saturated heterocycles. The Kier molecular flexibility index (Phi) is 4.79. The minimum Gasteiger partial charge on any atom is -0.381 e. The van der Waals surface area contributed by atoms with Gasteiger partial charge >= 0.3 is 0 Å². The van der Waals surface area contributed by atoms with Crippen molar-refractivity contribution in [3.05, 3.63) is 22.4 Å². The molecule has 1 aromatic heterocycles. The lowest BCUT2D eigenvalue weighted by molar-refractivity contribution is -0.0133. The van der Waals surface area contributed by atoms with Gasteiger partial charge in [0.05, 0.1) is 6.10 Å². The summed E-state index contributed by atoms with van der Waals surface area (Å²) in [5.41, 5.74) is 1.47. The van der Waals surface area contributed by atoms with Crippen LogP contribution in [0.25, 0.3) is 0 Å². The summed E-state index contributed by atoms with van der Waals surface area (Å²) < 4.78 is 12.1. The molecule has 0 aromatic carbocycles. The van der Waals surface area contributed by atoms with Crippen LogP contribution >= 0.6 is 23.1 Å². The number of rotatable bonds is 5. The Morgan fingerprint density at radius 2 is 2.18 bits per heavy atom. The molecule has 1 aromatic rings. The van der Waals surface area contributed by atoms with Crippen molar-refractivity contribution in [2.45, 2.75) is 36.7 Å². The van der Waals surface area contributed by atoms with Crippen LogP contribution in [0, 0.1) is 5.92 Å². The van der Waals surface area contributed by atoms with Gasteiger partial charge in [-0.2, -0.15) is 11.3 Å². The Labute approximate surface area is 141 Å². The molecule has 4 heterocycles. The van der Waals surface area contributed by atoms with Crippen LogP contribution in [0.1, 0.15) is 24.8 Å². The highest BCUT2D eigenvalue weighted by Gasteiger charge is 2.49. The molecule has 4 rings (SSSR count). The van der Waals surface area contributed by atoms with Crippen LogP contribution in [0.4, 0.5) is 0 Å². The number of likely N-dealkylation sites (tertiary alicyclic amines) is 1. The molecule has 22 heavy (non-hydrogen) atoms. The number of hydrogen-bond acceptors (Lipinski definition) is 5. The number of ether oxygens (including phenoxy) is 2. The minimum absolute atomic E-state index is 0.483. The predicted molar refractivity (Wildman–Crippen MR) is 92.7 cm³/mol. The highest BCUT2D eigenvalue weighted by Crippen LogP contribution is 2.46. The van der Waals surface area contributed by atoms with Gasteiger partial charge in [-0.1, -0.05) is 0 Å². The van der Waals surface area contributed by atoms with E-state index in [-0.39, 0.29) is 0 Å². The van der Waals surface area contributed by atoms with E-state index in [1.807, 2.05) is 0 Å². The zero-order chi connectivity index (χ0) is 14.8. The maximum Gasteiger partial charge on any atom is 0.0680 e. The number of thiophene rings is 1. The molecule has 0 amide bonds. The summed E-state index contributed by atoms with van der Waals surface area (Å²) in [4.78, 5) is 2.58. The summed E-state index contributed by atoms with van der Waals surface area (Å²) in [5, 5.41) is 4.45. The van der Waals surface area contributed by atoms with Crippen molar-refractivity contribution in [2.24, 2.45) is 5.92 Å². The van der Waals surface area contributed by atoms with Crippen LogP contribution < -0.4 is 0 Å². The summed E-state index contributed by atoms with van der Waals surface area (Å²) in [6.07, 6.45) is 4.09. The Morgan fingerprint density at radius 1 is 1.32 bits per heavy atom. The van der Waals surface area contributed by atoms with E-state index < -0.39 is 0 Å². The average molecular weight is 340 g/mol. The summed E-state index contributed by atoms with van der Waals surface area (Å²) in [6, 6.07) is 2.25. The van der Waals surface area contributed by atoms with Gasteiger partial charge in [0, 0.05) is 50.0 Å². The van der Waals surface area contributed by atoms with Crippen LogP contribution in [-0.2, 0) is 16.0 Å². The second-order valence-corrected chi connectivity index (χ2v) is 9.25. The molecule has 3 aliphatic heterocycles. The van der Waals surface area contributed by atoms with E-state index in [9.17, 15) is 0 Å². The minimum atomic E-state index is 0.483. The Morgan fingerprint density at radius 3 is 2.95 bits per heavy atom. The fourth-order valence-corrected chi connectivity index (χ4v) is 6.10. The first-order valence-electron chi connectivity index (χ1n) is 8.38. The maximum absolute atomic E-state index is 6.22. The van der Waals surface area contributed by atoms with E-state index in [4.69, 9.17) is 9.47 Å². The predicted octanol–water partition coefficient (Wildman–Crippen LogP) is 3.25. The zero-order valence-corrected chi connectivity index (χ0v) is 14.7. The Bertz CT molecular complexity index is 467. The van der Waals surface area contributed by atoms with Crippen LogP contribution in [0.15, 0.2) is 16.8 Å². The fourth-order valence-electron chi connectivity index (χ4n) is 3.84. The first-order chi connectivity index (χ1) is 10.8. The Balaban J connectivity index is 1.18. The highest BCUT2D eigenvalue weighted by molar-refractivity contribution is 8.01. The monoisotopic (exact) mass is 339 g/mol. The van der Waals surface area contributed by atoms with Crippen molar-refractivity contribution in [3.8, 4) is 0 Å². The fraction of sp³-hybridized carbons (Fsp3) is 0.765. The third kappa shape index (κ3) is 3.54. The SMILES string of the molecule is c1cc(CN2CC3(C[C@H](OCC4CCOCC4)CS3)C2)cs1. The molecule has 3 nitrogen and oxygen atoms in total. The average Bonchev–Trinajstić information content (AvgIpc) is 3.16. The molecular formula is C17H25NO2S2. The third-order valence-electron chi connectivity index (χ3n) is 5.09. The standard InChI is InChI=1S/C17H25NO2S2/c1-4-19-5-2-14(1)9-20-16-7-17(22-11-16)12-18(13-17)8-15-3-6-21-10-15/h3,6,10,14,16H,1-2,4-5,7-9,11-13H2/t16-/m0/s1. The van der Waals surface area contributed by atoms with Crippen molar-refractivity contribution >= 4 is 23.1 Å². The third-order valence-corrected chi connectivity index (χ3v) is 7.40. The number of hydrogen-bond donors (Lipinski definition) is 0. The first-order valence-corrected chi connectivity index (χ1v) is 10.3.